The van der Waals surface area contributed by atoms with E-state index in [1.807, 2.05) is 72.8 Å². The fourth-order valence-corrected chi connectivity index (χ4v) is 11.6. The van der Waals surface area contributed by atoms with Gasteiger partial charge < -0.3 is 56.2 Å². The lowest BCUT2D eigenvalue weighted by Crippen LogP contribution is -3.17. The molecule has 0 unspecified atom stereocenters. The van der Waals surface area contributed by atoms with Crippen molar-refractivity contribution in [3.63, 3.8) is 0 Å². The van der Waals surface area contributed by atoms with Gasteiger partial charge in [0.25, 0.3) is 23.6 Å². The Kier molecular flexibility index (Phi) is 34.2. The molecule has 0 spiro atoms. The normalized spacial score (nSPS) is 14.0. The van der Waals surface area contributed by atoms with Gasteiger partial charge in [0.15, 0.2) is 11.5 Å². The van der Waals surface area contributed by atoms with Gasteiger partial charge in [-0.3, -0.25) is 43.6 Å². The van der Waals surface area contributed by atoms with Gasteiger partial charge in [0.05, 0.1) is 38.3 Å². The van der Waals surface area contributed by atoms with Crippen LogP contribution in [0, 0.1) is 0 Å². The number of carbonyl (C=O) groups is 7. The molecule has 0 atom stereocenters. The number of aromatic nitrogens is 2. The molecular formula is C72H88N9O16S2-. The number of nitrogens with one attached hydrogen (secondary N) is 5. The molecule has 0 saturated heterocycles. The fraction of sp³-hybridized carbons (Fsp3) is 0.389. The van der Waals surface area contributed by atoms with Crippen LogP contribution in [-0.4, -0.2) is 131 Å². The van der Waals surface area contributed by atoms with Crippen molar-refractivity contribution in [1.82, 2.24) is 31.2 Å². The number of benzene rings is 3. The number of quaternary nitrogens is 1. The molecule has 530 valence electrons. The van der Waals surface area contributed by atoms with Crippen LogP contribution < -0.4 is 46.7 Å². The molecule has 11 rings (SSSR count). The second-order valence-corrected chi connectivity index (χ2v) is 24.9. The Labute approximate surface area is 586 Å². The summed E-state index contributed by atoms with van der Waals surface area (Å²) < 4.78 is 20.8. The van der Waals surface area contributed by atoms with Gasteiger partial charge in [-0.15, -0.1) is 0 Å². The first kappa shape index (κ1) is 79.1. The highest BCUT2D eigenvalue weighted by Gasteiger charge is 2.31. The van der Waals surface area contributed by atoms with E-state index in [1.165, 1.54) is 6.54 Å². The summed E-state index contributed by atoms with van der Waals surface area (Å²) in [5, 5.41) is 51.4. The Hall–Kier alpha value is -8.90. The third-order valence-corrected chi connectivity index (χ3v) is 17.0. The smallest absolute Gasteiger partial charge is 0.306 e. The molecule has 6 heterocycles. The zero-order valence-electron chi connectivity index (χ0n) is 56.9. The van der Waals surface area contributed by atoms with Crippen LogP contribution in [0.15, 0.2) is 150 Å². The summed E-state index contributed by atoms with van der Waals surface area (Å²) in [7, 11) is 0. The van der Waals surface area contributed by atoms with Gasteiger partial charge in [0, 0.05) is 123 Å². The van der Waals surface area contributed by atoms with Crippen molar-refractivity contribution in [1.29, 1.82) is 0 Å². The van der Waals surface area contributed by atoms with E-state index < -0.39 is 23.6 Å². The average molecular weight is 1400 g/mol. The van der Waals surface area contributed by atoms with Crippen LogP contribution in [0.25, 0.3) is 5.57 Å². The number of nitrogens with zero attached hydrogens (tertiary/aromatic N) is 4. The van der Waals surface area contributed by atoms with E-state index >= 15 is 0 Å². The summed E-state index contributed by atoms with van der Waals surface area (Å²) in [5.41, 5.74) is 6.93. The lowest BCUT2D eigenvalue weighted by atomic mass is 9.80. The predicted molar refractivity (Wildman–Crippen MR) is 369 cm³/mol. The van der Waals surface area contributed by atoms with Crippen molar-refractivity contribution in [3.05, 3.63) is 201 Å². The Morgan fingerprint density at radius 2 is 0.949 bits per heavy atom. The summed E-state index contributed by atoms with van der Waals surface area (Å²) in [6, 6.07) is 32.9. The maximum Gasteiger partial charge on any atom is 0.306 e. The number of ketones is 1. The van der Waals surface area contributed by atoms with E-state index in [4.69, 9.17) is 9.47 Å². The molecular weight excluding hydrogens is 1310 g/mol. The third-order valence-electron chi connectivity index (χ3n) is 15.8. The van der Waals surface area contributed by atoms with Crippen LogP contribution in [0.2, 0.25) is 0 Å². The molecule has 4 amide bonds. The summed E-state index contributed by atoms with van der Waals surface area (Å²) in [6.45, 7) is 20.1. The van der Waals surface area contributed by atoms with Gasteiger partial charge in [-0.05, 0) is 143 Å². The van der Waals surface area contributed by atoms with E-state index in [2.05, 4.69) is 94.1 Å². The van der Waals surface area contributed by atoms with E-state index in [1.54, 1.807) is 79.4 Å². The highest BCUT2D eigenvalue weighted by atomic mass is 32.2. The van der Waals surface area contributed by atoms with Crippen LogP contribution in [0.3, 0.4) is 0 Å². The number of hydrogen-bond donors (Lipinski definition) is 5. The number of carbonyl (C=O) groups excluding carboxylic acids is 7. The number of esters is 2. The molecule has 25 nitrogen and oxygen atoms in total. The predicted octanol–water partition coefficient (Wildman–Crippen LogP) is 5.45. The first-order valence-electron chi connectivity index (χ1n) is 33.0. The van der Waals surface area contributed by atoms with Gasteiger partial charge in [-0.1, -0.05) is 78.6 Å². The van der Waals surface area contributed by atoms with Crippen molar-refractivity contribution in [2.75, 3.05) is 62.3 Å². The Balaban J connectivity index is 0.000000282. The van der Waals surface area contributed by atoms with E-state index in [-0.39, 0.29) is 96.4 Å². The fourth-order valence-electron chi connectivity index (χ4n) is 10.9. The molecule has 0 radical (unpaired) electrons. The number of Topliss-reactive ketones (excluding diaryl/α,β-unsaturated/α-hetero) is 1. The second kappa shape index (κ2) is 42.8. The Morgan fingerprint density at radius 3 is 1.33 bits per heavy atom. The average Bonchev–Trinajstić information content (AvgIpc) is 0.749. The Morgan fingerprint density at radius 1 is 0.545 bits per heavy atom. The largest absolute Gasteiger partial charge is 0.871 e. The number of anilines is 1. The minimum atomic E-state index is -0.398. The maximum absolute atomic E-state index is 13.3. The lowest BCUT2D eigenvalue weighted by molar-refractivity contribution is -0.940. The number of amides is 4. The lowest BCUT2D eigenvalue weighted by Gasteiger charge is -2.32. The van der Waals surface area contributed by atoms with Crippen molar-refractivity contribution in [2.24, 2.45) is 0 Å². The number of ether oxygens (including phenoxy) is 2. The van der Waals surface area contributed by atoms with Crippen molar-refractivity contribution >= 4 is 82.4 Å². The molecule has 0 saturated carbocycles. The quantitative estimate of drug-likeness (QED) is 0.00830. The van der Waals surface area contributed by atoms with Crippen molar-refractivity contribution in [3.8, 4) is 0 Å². The van der Waals surface area contributed by atoms with Crippen LogP contribution in [0.1, 0.15) is 157 Å². The zero-order valence-corrected chi connectivity index (χ0v) is 58.6. The van der Waals surface area contributed by atoms with Gasteiger partial charge in [-0.25, -0.2) is 14.5 Å². The van der Waals surface area contributed by atoms with E-state index in [9.17, 15) is 49.2 Å². The first-order valence-corrected chi connectivity index (χ1v) is 34.8. The van der Waals surface area contributed by atoms with Crippen LogP contribution in [0.5, 0.6) is 0 Å². The molecule has 27 heteroatoms. The highest BCUT2D eigenvalue weighted by Crippen LogP contribution is 2.38. The molecule has 4 aliphatic heterocycles. The van der Waals surface area contributed by atoms with Gasteiger partial charge in [0.1, 0.15) is 35.9 Å². The number of rotatable bonds is 27. The van der Waals surface area contributed by atoms with Crippen molar-refractivity contribution < 1.29 is 86.9 Å². The van der Waals surface area contributed by atoms with Crippen LogP contribution >= 0.6 is 24.1 Å². The first-order chi connectivity index (χ1) is 47.9. The number of hydrogen-bond acceptors (Lipinski definition) is 21. The van der Waals surface area contributed by atoms with Crippen LogP contribution in [-0.2, 0) is 68.8 Å². The Bertz CT molecular complexity index is 3400. The van der Waals surface area contributed by atoms with Crippen molar-refractivity contribution in [2.45, 2.75) is 125 Å². The van der Waals surface area contributed by atoms with Gasteiger partial charge in [0.2, 0.25) is 0 Å². The molecule has 5 N–H and O–H groups in total. The third kappa shape index (κ3) is 26.0. The number of allylic oxidation sites excluding steroid dienone is 7. The summed E-state index contributed by atoms with van der Waals surface area (Å²) >= 11 is 1.81. The molecule has 8 bridgehead atoms. The molecule has 2 aromatic heterocycles. The summed E-state index contributed by atoms with van der Waals surface area (Å²) in [5.74, 6) is -1.77. The van der Waals surface area contributed by atoms with E-state index in [0.29, 0.717) is 87.7 Å². The summed E-state index contributed by atoms with van der Waals surface area (Å²) in [6.07, 6.45) is 10.1. The monoisotopic (exact) mass is 1400 g/mol. The van der Waals surface area contributed by atoms with E-state index in [0.717, 1.165) is 69.8 Å². The van der Waals surface area contributed by atoms with Gasteiger partial charge in [-0.2, -0.15) is 8.67 Å². The molecule has 99 heavy (non-hydrogen) atoms. The summed E-state index contributed by atoms with van der Waals surface area (Å²) in [4.78, 5) is 99.9. The minimum absolute atomic E-state index is 0.123. The molecule has 3 aromatic carbocycles. The standard InChI is InChI=1S/C34H44N2O12S2.C30H26N6O4.C8H19N/c1-3-43-29(37)9-5-19-35(21-7-23-49-47-45-41)27-15-11-25(12-16-27)31-33(39)32(34(31)40)26-13-17-28(18-14-26)36(22-8-24-50-48-46-42)20-6-10-30(38)44-4-2;37-27-23-3-1-4-24(35-23)28(38)32-16-20-9-13-22(14-10-20)18-34-30(40)26-6-2-5-25(36-26)29(39)33-17-21-11-7-19(8-12-21)15-31-27;1-6-9(7(2)3)8(4)5/h11-18H,3-10,19-24H2,1-2H3,(H2-,39,41,42);1-14H,15-18H2,(H,31,37)(H,32,38)(H,33,39)(H,34,40);7-8H,6H2,1-5H3/p-1. The molecule has 2 aliphatic carbocycles. The molecule has 5 aromatic rings. The highest BCUT2D eigenvalue weighted by molar-refractivity contribution is 7.94. The maximum atomic E-state index is 13.3. The SMILES string of the molecule is CCOC(=O)CCCN(CCCSOO[O-])c1ccc(C2=C([O-])C(=C3C=CC(=[N+](CCCSOO[O-])CCCC(=O)OCC)C=C3)C2=O)cc1.CC[NH+](C(C)C)C(C)C.O=C1NCc2ccc(cc2)CNC(=O)c2cccc(n2)C(=O)NCc2ccc(cc2)CNC(=O)c2cccc1n2. The topological polar surface area (TPSA) is 329 Å². The second-order valence-electron chi connectivity index (χ2n) is 23.3. The van der Waals surface area contributed by atoms with Crippen LogP contribution in [0.4, 0.5) is 5.69 Å². The zero-order chi connectivity index (χ0) is 71.5. The molecule has 6 aliphatic rings. The minimum Gasteiger partial charge on any atom is -0.871 e. The van der Waals surface area contributed by atoms with Gasteiger partial charge >= 0.3 is 11.9 Å². The number of pyridine rings is 2. The molecule has 0 fully saturated rings.